The molecule has 1 aromatic heterocycles. The maximum Gasteiger partial charge on any atom is 0.328 e. The maximum atomic E-state index is 14.8. The number of thioether (sulfide) groups is 2. The number of phenols is 1. The van der Waals surface area contributed by atoms with Gasteiger partial charge in [-0.2, -0.15) is 27.9 Å². The number of carbonyl (C=O) groups excluding carboxylic acids is 3. The number of ether oxygens (including phenoxy) is 5. The van der Waals surface area contributed by atoms with Gasteiger partial charge in [-0.15, -0.1) is 0 Å². The van der Waals surface area contributed by atoms with Crippen molar-refractivity contribution in [3.63, 3.8) is 0 Å². The summed E-state index contributed by atoms with van der Waals surface area (Å²) >= 11 is 2.94. The van der Waals surface area contributed by atoms with Crippen LogP contribution in [0.2, 0.25) is 0 Å². The number of fused-ring (bicyclic) bond motifs is 3. The molecule has 284 valence electrons. The van der Waals surface area contributed by atoms with Crippen molar-refractivity contribution in [2.24, 2.45) is 11.8 Å². The van der Waals surface area contributed by atoms with Gasteiger partial charge in [0.15, 0.2) is 23.0 Å². The molecule has 2 aliphatic heterocycles. The second-order valence-electron chi connectivity index (χ2n) is 12.8. The Morgan fingerprint density at radius 3 is 2.23 bits per heavy atom. The Labute approximate surface area is 311 Å². The van der Waals surface area contributed by atoms with Gasteiger partial charge < -0.3 is 39.4 Å². The van der Waals surface area contributed by atoms with Crippen LogP contribution in [0, 0.1) is 17.7 Å². The number of hydrogen-bond donors (Lipinski definition) is 4. The van der Waals surface area contributed by atoms with Crippen LogP contribution >= 0.6 is 23.5 Å². The van der Waals surface area contributed by atoms with Gasteiger partial charge in [-0.25, -0.2) is 4.79 Å². The van der Waals surface area contributed by atoms with Gasteiger partial charge in [0.2, 0.25) is 30.2 Å². The molecule has 3 heterocycles. The molecule has 0 saturated carbocycles. The van der Waals surface area contributed by atoms with E-state index >= 15 is 0 Å². The Kier molecular flexibility index (Phi) is 11.2. The Morgan fingerprint density at radius 1 is 1.00 bits per heavy atom. The third-order valence-corrected chi connectivity index (χ3v) is 11.1. The highest BCUT2D eigenvalue weighted by molar-refractivity contribution is 7.98. The third kappa shape index (κ3) is 7.25. The van der Waals surface area contributed by atoms with Crippen LogP contribution in [-0.4, -0.2) is 89.6 Å². The normalized spacial score (nSPS) is 19.9. The largest absolute Gasteiger partial charge is 0.502 e. The predicted octanol–water partition coefficient (Wildman–Crippen LogP) is 2.28. The molecule has 1 saturated heterocycles. The third-order valence-electron chi connectivity index (χ3n) is 9.90. The van der Waals surface area contributed by atoms with Gasteiger partial charge in [0.05, 0.1) is 39.0 Å². The van der Waals surface area contributed by atoms with Crippen molar-refractivity contribution in [3.05, 3.63) is 73.8 Å². The van der Waals surface area contributed by atoms with E-state index < -0.39 is 70.7 Å². The number of cyclic esters (lactones) is 1. The van der Waals surface area contributed by atoms with Crippen molar-refractivity contribution in [3.8, 4) is 28.7 Å². The number of aromatic hydroxyl groups is 1. The van der Waals surface area contributed by atoms with E-state index in [0.717, 1.165) is 4.57 Å². The molecule has 1 aliphatic carbocycles. The molecule has 2 aromatic carbocycles. The highest BCUT2D eigenvalue weighted by Gasteiger charge is 2.54. The average molecular weight is 775 g/mol. The lowest BCUT2D eigenvalue weighted by Crippen LogP contribution is -2.61. The minimum Gasteiger partial charge on any atom is -0.502 e. The summed E-state index contributed by atoms with van der Waals surface area (Å²) in [5.74, 6) is -3.19. The number of rotatable bonds is 14. The number of benzene rings is 2. The van der Waals surface area contributed by atoms with Gasteiger partial charge >= 0.3 is 11.7 Å². The first kappa shape index (κ1) is 37.9. The van der Waals surface area contributed by atoms with E-state index in [1.807, 2.05) is 17.5 Å². The van der Waals surface area contributed by atoms with Crippen LogP contribution in [0.5, 0.6) is 28.7 Å². The molecule has 3 aliphatic rings. The van der Waals surface area contributed by atoms with Crippen molar-refractivity contribution in [2.75, 3.05) is 51.6 Å². The zero-order valence-electron chi connectivity index (χ0n) is 29.3. The topological polar surface area (TPSA) is 197 Å². The van der Waals surface area contributed by atoms with Crippen molar-refractivity contribution < 1.29 is 47.6 Å². The van der Waals surface area contributed by atoms with Gasteiger partial charge in [0.25, 0.3) is 5.56 Å². The van der Waals surface area contributed by atoms with Crippen LogP contribution in [0.3, 0.4) is 0 Å². The van der Waals surface area contributed by atoms with Crippen LogP contribution in [0.4, 0.5) is 4.39 Å². The van der Waals surface area contributed by atoms with E-state index in [4.69, 9.17) is 23.7 Å². The number of nitrogens with one attached hydrogen (secondary N) is 3. The number of aromatic amines is 1. The summed E-state index contributed by atoms with van der Waals surface area (Å²) < 4.78 is 42.8. The number of phenolic OH excluding ortho intramolecular Hbond substituents is 1. The summed E-state index contributed by atoms with van der Waals surface area (Å²) in [5, 5.41) is 16.7. The van der Waals surface area contributed by atoms with Crippen molar-refractivity contribution in [1.29, 1.82) is 0 Å². The maximum absolute atomic E-state index is 14.8. The highest BCUT2D eigenvalue weighted by Crippen LogP contribution is 2.55. The summed E-state index contributed by atoms with van der Waals surface area (Å²) in [6.07, 6.45) is 4.76. The molecule has 4 atom stereocenters. The first-order valence-electron chi connectivity index (χ1n) is 16.6. The van der Waals surface area contributed by atoms with Crippen LogP contribution in [0.15, 0.2) is 40.1 Å². The molecule has 6 rings (SSSR count). The molecule has 1 fully saturated rings. The minimum absolute atomic E-state index is 0.0269. The first-order valence-corrected chi connectivity index (χ1v) is 19.4. The molecule has 0 spiro atoms. The number of halogens is 1. The van der Waals surface area contributed by atoms with Gasteiger partial charge in [-0.1, -0.05) is 0 Å². The molecule has 53 heavy (non-hydrogen) atoms. The van der Waals surface area contributed by atoms with Crippen LogP contribution in [0.25, 0.3) is 0 Å². The fraction of sp³-hybridized carbons (Fsp3) is 0.457. The predicted molar refractivity (Wildman–Crippen MR) is 193 cm³/mol. The number of hydrogen-bond acceptors (Lipinski definition) is 13. The van der Waals surface area contributed by atoms with E-state index in [9.17, 15) is 33.5 Å². The number of nitrogens with zero attached hydrogens (tertiary/aromatic N) is 1. The number of methoxy groups -OCH3 is 2. The van der Waals surface area contributed by atoms with Crippen LogP contribution < -0.4 is 40.8 Å². The number of amides is 2. The first-order chi connectivity index (χ1) is 25.4. The Balaban J connectivity index is 1.43. The average Bonchev–Trinajstić information content (AvgIpc) is 3.77. The fourth-order valence-electron chi connectivity index (χ4n) is 7.27. The van der Waals surface area contributed by atoms with Gasteiger partial charge in [-0.05, 0) is 77.8 Å². The molecular weight excluding hydrogens is 736 g/mol. The van der Waals surface area contributed by atoms with Gasteiger partial charge in [0.1, 0.15) is 12.1 Å². The fourth-order valence-corrected chi connectivity index (χ4v) is 8.37. The van der Waals surface area contributed by atoms with Crippen LogP contribution in [-0.2, 0) is 25.7 Å². The molecule has 0 bridgehead atoms. The van der Waals surface area contributed by atoms with Gasteiger partial charge in [0, 0.05) is 11.8 Å². The van der Waals surface area contributed by atoms with Gasteiger partial charge in [-0.3, -0.25) is 28.7 Å². The Bertz CT molecular complexity index is 2010. The molecule has 0 unspecified atom stereocenters. The molecule has 15 nitrogen and oxygen atoms in total. The number of carbonyl (C=O) groups is 3. The Hall–Kier alpha value is -4.84. The molecule has 18 heteroatoms. The number of H-pyrrole nitrogens is 1. The van der Waals surface area contributed by atoms with E-state index in [1.54, 1.807) is 24.3 Å². The van der Waals surface area contributed by atoms with Crippen LogP contribution in [0.1, 0.15) is 41.5 Å². The zero-order valence-corrected chi connectivity index (χ0v) is 31.0. The lowest BCUT2D eigenvalue weighted by atomic mass is 9.65. The van der Waals surface area contributed by atoms with E-state index in [2.05, 4.69) is 10.6 Å². The molecule has 3 aromatic rings. The molecule has 2 amide bonds. The monoisotopic (exact) mass is 774 g/mol. The van der Waals surface area contributed by atoms with Crippen molar-refractivity contribution in [1.82, 2.24) is 20.2 Å². The lowest BCUT2D eigenvalue weighted by Gasteiger charge is -2.42. The second-order valence-corrected chi connectivity index (χ2v) is 14.8. The van der Waals surface area contributed by atoms with E-state index in [1.165, 1.54) is 37.7 Å². The SMILES string of the molecule is COc1cc([C@@H]2c3cc4c(cc3[C@@H](NC(=O)C(CCSC)(CCSC)NC(=O)Cn3cc(F)c(=O)[nH]c3=O)[C@H]3COC(=O)[C@H]23)OCO4)cc(OC)c1O. The minimum atomic E-state index is -1.50. The van der Waals surface area contributed by atoms with E-state index in [-0.39, 0.29) is 43.5 Å². The summed E-state index contributed by atoms with van der Waals surface area (Å²) in [5.41, 5.74) is -1.85. The van der Waals surface area contributed by atoms with Crippen molar-refractivity contribution >= 4 is 41.3 Å². The zero-order chi connectivity index (χ0) is 38.0. The number of esters is 1. The summed E-state index contributed by atoms with van der Waals surface area (Å²) in [6.45, 7) is -0.721. The van der Waals surface area contributed by atoms with E-state index in [0.29, 0.717) is 45.9 Å². The lowest BCUT2D eigenvalue weighted by molar-refractivity contribution is -0.141. The summed E-state index contributed by atoms with van der Waals surface area (Å²) in [6, 6.07) is 5.99. The molecule has 0 radical (unpaired) electrons. The second kappa shape index (κ2) is 15.6. The molecular formula is C35H39FN4O11S2. The molecule has 4 N–H and O–H groups in total. The summed E-state index contributed by atoms with van der Waals surface area (Å²) in [7, 11) is 2.80. The smallest absolute Gasteiger partial charge is 0.328 e. The summed E-state index contributed by atoms with van der Waals surface area (Å²) in [4.78, 5) is 67.8. The quantitative estimate of drug-likeness (QED) is 0.174. The Morgan fingerprint density at radius 2 is 1.62 bits per heavy atom. The standard InChI is InChI=1S/C35H39FN4O11S2/c1-47-24-9-17(10-25(48-2)30(24)42)27-18-11-22-23(51-16-50-22)12-19(18)29(20-15-49-32(44)28(20)27)37-33(45)35(5-7-52-3,6-8-53-4)39-26(41)14-40-13-21(36)31(43)38-34(40)46/h9-13,20,27-29,42H,5-8,14-16H2,1-4H3,(H,37,45)(H,39,41)(H,38,43,46)/t20-,27+,28-,29+/m0/s1. The number of aromatic nitrogens is 2. The highest BCUT2D eigenvalue weighted by atomic mass is 32.2. The van der Waals surface area contributed by atoms with Crippen molar-refractivity contribution in [2.45, 2.75) is 36.9 Å².